The Morgan fingerprint density at radius 3 is 2.06 bits per heavy atom. The van der Waals surface area contributed by atoms with Gasteiger partial charge in [0.25, 0.3) is 0 Å². The molecule has 0 rings (SSSR count). The summed E-state index contributed by atoms with van der Waals surface area (Å²) in [6.07, 6.45) is 0.756. The highest BCUT2D eigenvalue weighted by molar-refractivity contribution is 7.87. The third-order valence-electron chi connectivity index (χ3n) is 1.18. The quantitative estimate of drug-likeness (QED) is 0.359. The fourth-order valence-electron chi connectivity index (χ4n) is 0.603. The van der Waals surface area contributed by atoms with E-state index in [-0.39, 0.29) is 0 Å². The summed E-state index contributed by atoms with van der Waals surface area (Å²) in [5.41, 5.74) is -5.65. The van der Waals surface area contributed by atoms with Crippen molar-refractivity contribution in [2.24, 2.45) is 5.92 Å². The van der Waals surface area contributed by atoms with Crippen LogP contribution in [0.2, 0.25) is 0 Å². The SMILES string of the molecule is CC(C)/C=C(\OS(=O)(=O)C(F)(F)F)C(=O)O. The molecule has 1 N–H and O–H groups in total. The molecule has 0 spiro atoms. The molecule has 0 saturated carbocycles. The molecular formula is C7H9F3O5S. The van der Waals surface area contributed by atoms with Crippen molar-refractivity contribution in [3.05, 3.63) is 11.8 Å². The number of aliphatic carboxylic acids is 1. The van der Waals surface area contributed by atoms with Gasteiger partial charge in [0.2, 0.25) is 5.76 Å². The highest BCUT2D eigenvalue weighted by Crippen LogP contribution is 2.26. The molecule has 5 nitrogen and oxygen atoms in total. The number of hydrogen-bond acceptors (Lipinski definition) is 4. The first-order valence-electron chi connectivity index (χ1n) is 3.93. The molecule has 0 unspecified atom stereocenters. The van der Waals surface area contributed by atoms with Crippen LogP contribution in [0.25, 0.3) is 0 Å². The van der Waals surface area contributed by atoms with Crippen LogP contribution in [0.1, 0.15) is 13.8 Å². The topological polar surface area (TPSA) is 80.7 Å². The van der Waals surface area contributed by atoms with Gasteiger partial charge in [-0.1, -0.05) is 13.8 Å². The van der Waals surface area contributed by atoms with Crippen LogP contribution < -0.4 is 0 Å². The first-order valence-corrected chi connectivity index (χ1v) is 5.34. The molecule has 0 aromatic carbocycles. The van der Waals surface area contributed by atoms with Crippen molar-refractivity contribution in [3.63, 3.8) is 0 Å². The summed E-state index contributed by atoms with van der Waals surface area (Å²) in [4.78, 5) is 10.4. The zero-order chi connectivity index (χ0) is 13.1. The molecule has 16 heavy (non-hydrogen) atoms. The molecule has 0 aromatic rings. The van der Waals surface area contributed by atoms with E-state index in [0.717, 1.165) is 6.08 Å². The highest BCUT2D eigenvalue weighted by Gasteiger charge is 2.49. The summed E-state index contributed by atoms with van der Waals surface area (Å²) in [6.45, 7) is 2.90. The van der Waals surface area contributed by atoms with Crippen LogP contribution in [-0.4, -0.2) is 25.0 Å². The Morgan fingerprint density at radius 1 is 1.38 bits per heavy atom. The zero-order valence-corrected chi connectivity index (χ0v) is 9.09. The van der Waals surface area contributed by atoms with Crippen LogP contribution in [0.3, 0.4) is 0 Å². The number of halogens is 3. The Labute approximate surface area is 89.6 Å². The maximum atomic E-state index is 11.9. The largest absolute Gasteiger partial charge is 0.534 e. The molecular weight excluding hydrogens is 253 g/mol. The molecule has 0 aliphatic carbocycles. The van der Waals surface area contributed by atoms with Gasteiger partial charge < -0.3 is 9.29 Å². The lowest BCUT2D eigenvalue weighted by atomic mass is 10.2. The number of carbonyl (C=O) groups is 1. The number of carboxylic acid groups (broad SMARTS) is 1. The van der Waals surface area contributed by atoms with Crippen LogP contribution in [0.15, 0.2) is 11.8 Å². The van der Waals surface area contributed by atoms with Crippen LogP contribution in [0, 0.1) is 5.92 Å². The molecule has 0 saturated heterocycles. The molecule has 9 heteroatoms. The summed E-state index contributed by atoms with van der Waals surface area (Å²) in [5, 5.41) is 8.43. The van der Waals surface area contributed by atoms with E-state index < -0.39 is 33.3 Å². The minimum absolute atomic E-state index is 0.477. The van der Waals surface area contributed by atoms with Gasteiger partial charge in [-0.15, -0.1) is 0 Å². The number of carboxylic acids is 1. The minimum Gasteiger partial charge on any atom is -0.475 e. The lowest BCUT2D eigenvalue weighted by Crippen LogP contribution is -2.27. The van der Waals surface area contributed by atoms with Crippen molar-refractivity contribution >= 4 is 16.1 Å². The lowest BCUT2D eigenvalue weighted by Gasteiger charge is -2.10. The Bertz CT molecular complexity index is 393. The van der Waals surface area contributed by atoms with Crippen molar-refractivity contribution in [2.45, 2.75) is 19.4 Å². The number of rotatable bonds is 4. The summed E-state index contributed by atoms with van der Waals surface area (Å²) >= 11 is 0. The van der Waals surface area contributed by atoms with Crippen molar-refractivity contribution < 1.29 is 35.7 Å². The van der Waals surface area contributed by atoms with Crippen molar-refractivity contribution in [1.82, 2.24) is 0 Å². The first kappa shape index (κ1) is 14.8. The van der Waals surface area contributed by atoms with Crippen LogP contribution in [0.5, 0.6) is 0 Å². The molecule has 0 aliphatic heterocycles. The summed E-state index contributed by atoms with van der Waals surface area (Å²) in [5.74, 6) is -3.64. The Hall–Kier alpha value is -1.25. The van der Waals surface area contributed by atoms with Crippen LogP contribution in [0.4, 0.5) is 13.2 Å². The van der Waals surface area contributed by atoms with Gasteiger partial charge in [0.1, 0.15) is 0 Å². The van der Waals surface area contributed by atoms with Crippen molar-refractivity contribution in [1.29, 1.82) is 0 Å². The smallest absolute Gasteiger partial charge is 0.475 e. The van der Waals surface area contributed by atoms with E-state index in [9.17, 15) is 26.4 Å². The Balaban J connectivity index is 5.16. The van der Waals surface area contributed by atoms with E-state index in [1.54, 1.807) is 0 Å². The summed E-state index contributed by atoms with van der Waals surface area (Å²) < 4.78 is 60.1. The standard InChI is InChI=1S/C7H9F3O5S/c1-4(2)3-5(6(11)12)15-16(13,14)7(8,9)10/h3-4H,1-2H3,(H,11,12)/b5-3-. The third kappa shape index (κ3) is 4.09. The van der Waals surface area contributed by atoms with E-state index in [4.69, 9.17) is 5.11 Å². The maximum absolute atomic E-state index is 11.9. The number of allylic oxidation sites excluding steroid dienone is 1. The lowest BCUT2D eigenvalue weighted by molar-refractivity contribution is -0.135. The van der Waals surface area contributed by atoms with Crippen LogP contribution in [-0.2, 0) is 19.1 Å². The van der Waals surface area contributed by atoms with E-state index in [1.165, 1.54) is 13.8 Å². The molecule has 94 valence electrons. The highest BCUT2D eigenvalue weighted by atomic mass is 32.2. The molecule has 0 aliphatic rings. The van der Waals surface area contributed by atoms with Gasteiger partial charge >= 0.3 is 21.6 Å². The monoisotopic (exact) mass is 262 g/mol. The maximum Gasteiger partial charge on any atom is 0.534 e. The molecule has 0 amide bonds. The normalized spacial score (nSPS) is 14.0. The van der Waals surface area contributed by atoms with Gasteiger partial charge in [0.15, 0.2) is 0 Å². The van der Waals surface area contributed by atoms with Gasteiger partial charge in [-0.3, -0.25) is 0 Å². The summed E-state index contributed by atoms with van der Waals surface area (Å²) in [6, 6.07) is 0. The molecule has 0 radical (unpaired) electrons. The number of hydrogen-bond donors (Lipinski definition) is 1. The molecule has 0 atom stereocenters. The molecule has 0 bridgehead atoms. The fourth-order valence-corrected chi connectivity index (χ4v) is 1.06. The first-order chi connectivity index (χ1) is 6.97. The molecule has 0 aromatic heterocycles. The second-order valence-corrected chi connectivity index (χ2v) is 4.60. The van der Waals surface area contributed by atoms with Crippen LogP contribution >= 0.6 is 0 Å². The summed E-state index contributed by atoms with van der Waals surface area (Å²) in [7, 11) is -5.94. The molecule has 0 fully saturated rings. The zero-order valence-electron chi connectivity index (χ0n) is 8.28. The van der Waals surface area contributed by atoms with E-state index in [1.807, 2.05) is 0 Å². The second kappa shape index (κ2) is 4.73. The average molecular weight is 262 g/mol. The third-order valence-corrected chi connectivity index (χ3v) is 2.14. The van der Waals surface area contributed by atoms with Crippen molar-refractivity contribution in [3.8, 4) is 0 Å². The predicted molar refractivity (Wildman–Crippen MR) is 46.6 cm³/mol. The molecule has 0 heterocycles. The van der Waals surface area contributed by atoms with Crippen molar-refractivity contribution in [2.75, 3.05) is 0 Å². The van der Waals surface area contributed by atoms with Gasteiger partial charge in [-0.05, 0) is 12.0 Å². The number of alkyl halides is 3. The fraction of sp³-hybridized carbons (Fsp3) is 0.571. The van der Waals surface area contributed by atoms with E-state index >= 15 is 0 Å². The Kier molecular flexibility index (Phi) is 4.36. The Morgan fingerprint density at radius 2 is 1.81 bits per heavy atom. The second-order valence-electron chi connectivity index (χ2n) is 3.06. The predicted octanol–water partition coefficient (Wildman–Crippen LogP) is 1.48. The minimum atomic E-state index is -5.94. The van der Waals surface area contributed by atoms with Gasteiger partial charge in [-0.25, -0.2) is 4.79 Å². The van der Waals surface area contributed by atoms with Gasteiger partial charge in [0, 0.05) is 0 Å². The van der Waals surface area contributed by atoms with Gasteiger partial charge in [-0.2, -0.15) is 21.6 Å². The van der Waals surface area contributed by atoms with E-state index in [0.29, 0.717) is 0 Å². The van der Waals surface area contributed by atoms with Gasteiger partial charge in [0.05, 0.1) is 0 Å². The van der Waals surface area contributed by atoms with E-state index in [2.05, 4.69) is 4.18 Å². The average Bonchev–Trinajstić information content (AvgIpc) is 1.98.